The minimum absolute atomic E-state index is 0.0705. The first-order valence-corrected chi connectivity index (χ1v) is 4.87. The third-order valence-corrected chi connectivity index (χ3v) is 1.80. The number of hydrogen-bond donors (Lipinski definition) is 2. The predicted molar refractivity (Wildman–Crippen MR) is 60.2 cm³/mol. The molecule has 1 aromatic carbocycles. The van der Waals surface area contributed by atoms with Crippen LogP contribution >= 0.6 is 0 Å². The van der Waals surface area contributed by atoms with E-state index < -0.39 is 0 Å². The van der Waals surface area contributed by atoms with E-state index in [2.05, 4.69) is 10.6 Å². The molecule has 0 atom stereocenters. The van der Waals surface area contributed by atoms with Gasteiger partial charge < -0.3 is 15.4 Å². The number of hydrogen-bond acceptors (Lipinski definition) is 3. The fourth-order valence-corrected chi connectivity index (χ4v) is 1.11. The average molecular weight is 208 g/mol. The van der Waals surface area contributed by atoms with E-state index in [-0.39, 0.29) is 5.91 Å². The summed E-state index contributed by atoms with van der Waals surface area (Å²) in [6.07, 6.45) is 0. The molecule has 0 saturated heterocycles. The van der Waals surface area contributed by atoms with Gasteiger partial charge in [0, 0.05) is 19.2 Å². The number of likely N-dealkylation sites (N-methyl/N-ethyl adjacent to an activating group) is 1. The summed E-state index contributed by atoms with van der Waals surface area (Å²) in [5.74, 6) is 0.734. The van der Waals surface area contributed by atoms with Crippen molar-refractivity contribution in [1.29, 1.82) is 0 Å². The summed E-state index contributed by atoms with van der Waals surface area (Å²) in [5.41, 5.74) is 0.781. The summed E-state index contributed by atoms with van der Waals surface area (Å²) in [4.78, 5) is 10.8. The van der Waals surface area contributed by atoms with Crippen molar-refractivity contribution >= 4 is 11.6 Å². The Kier molecular flexibility index (Phi) is 4.63. The standard InChI is InChI=1S/C11H16N2O2/c1-9(14)13-10-3-5-11(6-4-10)15-8-7-12-2/h3-6,12H,7-8H2,1-2H3,(H,13,14). The lowest BCUT2D eigenvalue weighted by atomic mass is 10.3. The van der Waals surface area contributed by atoms with Crippen molar-refractivity contribution in [2.75, 3.05) is 25.5 Å². The number of rotatable bonds is 5. The number of amides is 1. The zero-order valence-corrected chi connectivity index (χ0v) is 9.04. The molecule has 0 heterocycles. The van der Waals surface area contributed by atoms with Crippen LogP contribution in [0.15, 0.2) is 24.3 Å². The van der Waals surface area contributed by atoms with E-state index in [1.165, 1.54) is 6.92 Å². The van der Waals surface area contributed by atoms with Gasteiger partial charge >= 0.3 is 0 Å². The number of carbonyl (C=O) groups is 1. The van der Waals surface area contributed by atoms with E-state index in [0.29, 0.717) is 6.61 Å². The topological polar surface area (TPSA) is 50.4 Å². The molecule has 1 rings (SSSR count). The Bertz CT molecular complexity index is 309. The van der Waals surface area contributed by atoms with Crippen LogP contribution in [-0.4, -0.2) is 26.1 Å². The highest BCUT2D eigenvalue weighted by Gasteiger charge is 1.96. The lowest BCUT2D eigenvalue weighted by Gasteiger charge is -2.06. The molecule has 0 saturated carbocycles. The molecule has 82 valence electrons. The first kappa shape index (κ1) is 11.5. The first-order valence-electron chi connectivity index (χ1n) is 4.87. The Morgan fingerprint density at radius 3 is 2.53 bits per heavy atom. The van der Waals surface area contributed by atoms with Crippen LogP contribution in [0.4, 0.5) is 5.69 Å². The average Bonchev–Trinajstić information content (AvgIpc) is 2.20. The second-order valence-corrected chi connectivity index (χ2v) is 3.16. The molecule has 4 nitrogen and oxygen atoms in total. The van der Waals surface area contributed by atoms with Gasteiger partial charge in [0.2, 0.25) is 5.91 Å². The Morgan fingerprint density at radius 2 is 2.00 bits per heavy atom. The molecule has 0 aliphatic carbocycles. The summed E-state index contributed by atoms with van der Waals surface area (Å²) < 4.78 is 5.43. The minimum Gasteiger partial charge on any atom is -0.492 e. The van der Waals surface area contributed by atoms with Crippen LogP contribution in [-0.2, 0) is 4.79 Å². The van der Waals surface area contributed by atoms with Gasteiger partial charge in [0.05, 0.1) is 0 Å². The Balaban J connectivity index is 2.45. The molecule has 0 fully saturated rings. The third kappa shape index (κ3) is 4.46. The van der Waals surface area contributed by atoms with E-state index in [9.17, 15) is 4.79 Å². The van der Waals surface area contributed by atoms with Crippen molar-refractivity contribution < 1.29 is 9.53 Å². The van der Waals surface area contributed by atoms with Gasteiger partial charge in [0.25, 0.3) is 0 Å². The van der Waals surface area contributed by atoms with Crippen LogP contribution in [0.3, 0.4) is 0 Å². The van der Waals surface area contributed by atoms with Gasteiger partial charge in [-0.2, -0.15) is 0 Å². The van der Waals surface area contributed by atoms with Crippen molar-refractivity contribution in [1.82, 2.24) is 5.32 Å². The van der Waals surface area contributed by atoms with Gasteiger partial charge in [-0.05, 0) is 31.3 Å². The molecule has 0 aromatic heterocycles. The normalized spacial score (nSPS) is 9.73. The number of benzene rings is 1. The first-order chi connectivity index (χ1) is 7.22. The molecule has 0 bridgehead atoms. The van der Waals surface area contributed by atoms with Gasteiger partial charge in [-0.1, -0.05) is 0 Å². The molecule has 15 heavy (non-hydrogen) atoms. The molecule has 0 aliphatic heterocycles. The molecule has 4 heteroatoms. The van der Waals surface area contributed by atoms with E-state index in [0.717, 1.165) is 18.0 Å². The maximum atomic E-state index is 10.8. The summed E-state index contributed by atoms with van der Waals surface area (Å²) in [7, 11) is 1.88. The summed E-state index contributed by atoms with van der Waals surface area (Å²) in [6, 6.07) is 7.30. The van der Waals surface area contributed by atoms with Gasteiger partial charge in [-0.3, -0.25) is 4.79 Å². The molecule has 1 amide bonds. The maximum Gasteiger partial charge on any atom is 0.221 e. The molecule has 2 N–H and O–H groups in total. The summed E-state index contributed by atoms with van der Waals surface area (Å²) in [5, 5.41) is 5.69. The van der Waals surface area contributed by atoms with Gasteiger partial charge in [-0.25, -0.2) is 0 Å². The molecule has 0 spiro atoms. The minimum atomic E-state index is -0.0705. The van der Waals surface area contributed by atoms with Crippen molar-refractivity contribution in [3.8, 4) is 5.75 Å². The molecule has 0 aliphatic rings. The Hall–Kier alpha value is -1.55. The van der Waals surface area contributed by atoms with Gasteiger partial charge in [0.15, 0.2) is 0 Å². The van der Waals surface area contributed by atoms with E-state index >= 15 is 0 Å². The van der Waals surface area contributed by atoms with Crippen LogP contribution in [0.2, 0.25) is 0 Å². The lowest BCUT2D eigenvalue weighted by Crippen LogP contribution is -2.15. The van der Waals surface area contributed by atoms with Crippen molar-refractivity contribution in [3.63, 3.8) is 0 Å². The fraction of sp³-hybridized carbons (Fsp3) is 0.364. The second kappa shape index (κ2) is 6.03. The number of ether oxygens (including phenoxy) is 1. The highest BCUT2D eigenvalue weighted by molar-refractivity contribution is 5.88. The quantitative estimate of drug-likeness (QED) is 0.716. The lowest BCUT2D eigenvalue weighted by molar-refractivity contribution is -0.114. The highest BCUT2D eigenvalue weighted by Crippen LogP contribution is 2.15. The SMILES string of the molecule is CNCCOc1ccc(NC(C)=O)cc1. The summed E-state index contributed by atoms with van der Waals surface area (Å²) >= 11 is 0. The van der Waals surface area contributed by atoms with Crippen molar-refractivity contribution in [2.24, 2.45) is 0 Å². The fourth-order valence-electron chi connectivity index (χ4n) is 1.11. The largest absolute Gasteiger partial charge is 0.492 e. The number of carbonyl (C=O) groups excluding carboxylic acids is 1. The molecular formula is C11H16N2O2. The zero-order valence-electron chi connectivity index (χ0n) is 9.04. The van der Waals surface area contributed by atoms with Crippen LogP contribution in [0.5, 0.6) is 5.75 Å². The van der Waals surface area contributed by atoms with Crippen molar-refractivity contribution in [3.05, 3.63) is 24.3 Å². The molecule has 0 unspecified atom stereocenters. The molecule has 1 aromatic rings. The number of anilines is 1. The maximum absolute atomic E-state index is 10.8. The van der Waals surface area contributed by atoms with Crippen LogP contribution in [0, 0.1) is 0 Å². The van der Waals surface area contributed by atoms with E-state index in [1.54, 1.807) is 0 Å². The number of nitrogens with one attached hydrogen (secondary N) is 2. The smallest absolute Gasteiger partial charge is 0.221 e. The van der Waals surface area contributed by atoms with Gasteiger partial charge in [0.1, 0.15) is 12.4 Å². The van der Waals surface area contributed by atoms with E-state index in [1.807, 2.05) is 31.3 Å². The van der Waals surface area contributed by atoms with Crippen molar-refractivity contribution in [2.45, 2.75) is 6.92 Å². The Labute approximate surface area is 89.6 Å². The Morgan fingerprint density at radius 1 is 1.33 bits per heavy atom. The van der Waals surface area contributed by atoms with Gasteiger partial charge in [-0.15, -0.1) is 0 Å². The van der Waals surface area contributed by atoms with Crippen LogP contribution in [0.25, 0.3) is 0 Å². The molecule has 0 radical (unpaired) electrons. The zero-order chi connectivity index (χ0) is 11.1. The predicted octanol–water partition coefficient (Wildman–Crippen LogP) is 1.24. The third-order valence-electron chi connectivity index (χ3n) is 1.80. The molecular weight excluding hydrogens is 192 g/mol. The monoisotopic (exact) mass is 208 g/mol. The van der Waals surface area contributed by atoms with E-state index in [4.69, 9.17) is 4.74 Å². The highest BCUT2D eigenvalue weighted by atomic mass is 16.5. The van der Waals surface area contributed by atoms with Crippen LogP contribution in [0.1, 0.15) is 6.92 Å². The summed E-state index contributed by atoms with van der Waals surface area (Å²) in [6.45, 7) is 2.93. The second-order valence-electron chi connectivity index (χ2n) is 3.16. The van der Waals surface area contributed by atoms with Crippen LogP contribution < -0.4 is 15.4 Å².